The fraction of sp³-hybridized carbons (Fsp3) is 0.185. The Morgan fingerprint density at radius 3 is 1.97 bits per heavy atom. The predicted molar refractivity (Wildman–Crippen MR) is 242 cm³/mol. The first-order valence-electron chi connectivity index (χ1n) is 20.5. The first-order valence-corrected chi connectivity index (χ1v) is 20.5. The Morgan fingerprint density at radius 2 is 1.28 bits per heavy atom. The minimum absolute atomic E-state index is 0. The van der Waals surface area contributed by atoms with Crippen molar-refractivity contribution in [3.8, 4) is 17.3 Å². The maximum atomic E-state index is 6.85. The number of para-hydroxylation sites is 2. The third-order valence-electron chi connectivity index (χ3n) is 12.5. The van der Waals surface area contributed by atoms with Crippen LogP contribution in [0.2, 0.25) is 0 Å². The standard InChI is InChI=1S/C54H45N4O.Pt/c1-52(2,3)41-18-12-15-34-24-25-35-16-13-19-42(53(4,5)6)50(35)54(49(34)41)40-29-27-37(32-47(40)57-33-56(7)45-22-14-20-43(54)51(45)57)59-36-26-28-39-38-17-8-9-21-44(38)58(46(39)31-36)48-23-10-11-30-55-48;/h8-30,33H,1-7H3;/q-3;. The smallest absolute Gasteiger partial charge is 0.135 e. The van der Waals surface area contributed by atoms with Crippen molar-refractivity contribution >= 4 is 51.0 Å². The molecule has 6 heteroatoms. The Morgan fingerprint density at radius 1 is 0.633 bits per heavy atom. The van der Waals surface area contributed by atoms with Gasteiger partial charge in [0.15, 0.2) is 0 Å². The summed E-state index contributed by atoms with van der Waals surface area (Å²) in [6.07, 6.45) is 6.52. The molecule has 2 aliphatic heterocycles. The average molecular weight is 961 g/mol. The minimum atomic E-state index is -0.693. The molecule has 2 aromatic heterocycles. The van der Waals surface area contributed by atoms with Crippen LogP contribution in [-0.4, -0.2) is 16.6 Å². The number of anilines is 3. The van der Waals surface area contributed by atoms with Crippen LogP contribution in [0, 0.1) is 18.8 Å². The van der Waals surface area contributed by atoms with E-state index in [9.17, 15) is 0 Å². The van der Waals surface area contributed by atoms with Gasteiger partial charge in [0.2, 0.25) is 0 Å². The quantitative estimate of drug-likeness (QED) is 0.165. The van der Waals surface area contributed by atoms with Crippen molar-refractivity contribution in [2.75, 3.05) is 16.8 Å². The zero-order valence-corrected chi connectivity index (χ0v) is 37.1. The van der Waals surface area contributed by atoms with Gasteiger partial charge >= 0.3 is 0 Å². The van der Waals surface area contributed by atoms with Crippen LogP contribution in [0.3, 0.4) is 0 Å². The summed E-state index contributed by atoms with van der Waals surface area (Å²) in [6, 6.07) is 51.2. The molecule has 1 spiro atoms. The topological polar surface area (TPSA) is 33.5 Å². The van der Waals surface area contributed by atoms with Gasteiger partial charge in [-0.05, 0) is 86.5 Å². The summed E-state index contributed by atoms with van der Waals surface area (Å²) in [4.78, 5) is 9.31. The Hall–Kier alpha value is -5.90. The number of fused-ring (bicyclic) bond motifs is 11. The molecule has 8 aromatic rings. The molecule has 300 valence electrons. The Bertz CT molecular complexity index is 2990. The van der Waals surface area contributed by atoms with Gasteiger partial charge in [0.1, 0.15) is 5.82 Å². The van der Waals surface area contributed by atoms with Gasteiger partial charge in [-0.2, -0.15) is 18.8 Å². The summed E-state index contributed by atoms with van der Waals surface area (Å²) in [5, 5.41) is 2.24. The first-order chi connectivity index (χ1) is 28.4. The molecule has 0 unspecified atom stereocenters. The van der Waals surface area contributed by atoms with Crippen LogP contribution < -0.4 is 14.5 Å². The van der Waals surface area contributed by atoms with Crippen LogP contribution in [0.15, 0.2) is 128 Å². The Labute approximate surface area is 367 Å². The minimum Gasteiger partial charge on any atom is -0.509 e. The van der Waals surface area contributed by atoms with E-state index in [0.29, 0.717) is 11.5 Å². The monoisotopic (exact) mass is 960 g/mol. The van der Waals surface area contributed by atoms with Crippen LogP contribution in [0.5, 0.6) is 11.5 Å². The van der Waals surface area contributed by atoms with Gasteiger partial charge < -0.3 is 19.1 Å². The number of hydrogen-bond donors (Lipinski definition) is 0. The molecule has 0 amide bonds. The maximum absolute atomic E-state index is 6.85. The Balaban J connectivity index is 0.00000433. The second kappa shape index (κ2) is 13.6. The van der Waals surface area contributed by atoms with Crippen LogP contribution >= 0.6 is 0 Å². The fourth-order valence-electron chi connectivity index (χ4n) is 10.1. The molecule has 0 fully saturated rings. The summed E-state index contributed by atoms with van der Waals surface area (Å²) >= 11 is 0. The van der Waals surface area contributed by atoms with Crippen molar-refractivity contribution in [2.45, 2.75) is 57.8 Å². The molecule has 11 rings (SSSR count). The van der Waals surface area contributed by atoms with E-state index in [2.05, 4.69) is 191 Å². The molecule has 0 bridgehead atoms. The van der Waals surface area contributed by atoms with Gasteiger partial charge in [-0.15, -0.1) is 35.2 Å². The molecule has 0 saturated heterocycles. The molecular weight excluding hydrogens is 916 g/mol. The van der Waals surface area contributed by atoms with Crippen molar-refractivity contribution in [3.63, 3.8) is 0 Å². The van der Waals surface area contributed by atoms with Crippen molar-refractivity contribution in [3.05, 3.63) is 191 Å². The zero-order valence-electron chi connectivity index (χ0n) is 34.9. The largest absolute Gasteiger partial charge is 0.509 e. The molecule has 0 saturated carbocycles. The van der Waals surface area contributed by atoms with Gasteiger partial charge in [-0.25, -0.2) is 4.98 Å². The number of benzene rings is 6. The van der Waals surface area contributed by atoms with Crippen molar-refractivity contribution < 1.29 is 25.8 Å². The van der Waals surface area contributed by atoms with Crippen LogP contribution in [0.1, 0.15) is 86.1 Å². The first kappa shape index (κ1) is 38.3. The number of pyridine rings is 1. The van der Waals surface area contributed by atoms with Gasteiger partial charge in [-0.1, -0.05) is 138 Å². The van der Waals surface area contributed by atoms with E-state index in [1.807, 2.05) is 30.5 Å². The summed E-state index contributed by atoms with van der Waals surface area (Å²) in [7, 11) is 2.14. The predicted octanol–water partition coefficient (Wildman–Crippen LogP) is 13.1. The Kier molecular flexibility index (Phi) is 8.66. The van der Waals surface area contributed by atoms with Crippen molar-refractivity contribution in [2.24, 2.45) is 0 Å². The van der Waals surface area contributed by atoms with Crippen molar-refractivity contribution in [1.29, 1.82) is 0 Å². The normalized spacial score (nSPS) is 14.7. The summed E-state index contributed by atoms with van der Waals surface area (Å²) < 4.78 is 9.01. The van der Waals surface area contributed by atoms with Crippen LogP contribution in [0.4, 0.5) is 17.1 Å². The SMILES string of the molecule is CN1[CH-]N2c3[c-]c(Oc4[c-]c5c(cc4)c4ccccc4n5-c4ccccn4)ccc3C3(c4cccc1c42)c1c(cccc1C(C)(C)C)C=Cc1cccc(C(C)(C)C)c13.[Pt]. The summed E-state index contributed by atoms with van der Waals surface area (Å²) in [5.41, 5.74) is 14.5. The van der Waals surface area contributed by atoms with Crippen LogP contribution in [-0.2, 0) is 37.3 Å². The number of ether oxygens (including phenoxy) is 1. The number of rotatable bonds is 3. The molecular formula is C54H45N4OPt-3. The second-order valence-electron chi connectivity index (χ2n) is 18.2. The molecule has 0 atom stereocenters. The summed E-state index contributed by atoms with van der Waals surface area (Å²) in [5.74, 6) is 2.07. The van der Waals surface area contributed by atoms with Gasteiger partial charge in [0, 0.05) is 61.1 Å². The second-order valence-corrected chi connectivity index (χ2v) is 18.2. The number of aromatic nitrogens is 2. The van der Waals surface area contributed by atoms with E-state index in [1.54, 1.807) is 0 Å². The number of hydrogen-bond acceptors (Lipinski definition) is 4. The van der Waals surface area contributed by atoms with E-state index >= 15 is 0 Å². The van der Waals surface area contributed by atoms with E-state index in [-0.39, 0.29) is 31.9 Å². The number of nitrogens with zero attached hydrogens (tertiary/aromatic N) is 4. The molecule has 0 radical (unpaired) electrons. The summed E-state index contributed by atoms with van der Waals surface area (Å²) in [6.45, 7) is 16.3. The molecule has 3 aliphatic rings. The van der Waals surface area contributed by atoms with E-state index in [4.69, 9.17) is 9.72 Å². The van der Waals surface area contributed by atoms with Crippen molar-refractivity contribution in [1.82, 2.24) is 9.55 Å². The average Bonchev–Trinajstić information content (AvgIpc) is 3.69. The van der Waals surface area contributed by atoms with Gasteiger partial charge in [0.05, 0.1) is 0 Å². The van der Waals surface area contributed by atoms with E-state index in [1.165, 1.54) is 50.2 Å². The van der Waals surface area contributed by atoms with E-state index in [0.717, 1.165) is 39.0 Å². The van der Waals surface area contributed by atoms with Gasteiger partial charge in [-0.3, -0.25) is 0 Å². The molecule has 4 heterocycles. The third kappa shape index (κ3) is 5.44. The van der Waals surface area contributed by atoms with Gasteiger partial charge in [0.25, 0.3) is 0 Å². The third-order valence-corrected chi connectivity index (χ3v) is 12.5. The zero-order chi connectivity index (χ0) is 40.4. The molecule has 5 nitrogen and oxygen atoms in total. The fourth-order valence-corrected chi connectivity index (χ4v) is 10.1. The molecule has 1 aliphatic carbocycles. The van der Waals surface area contributed by atoms with Crippen LogP contribution in [0.25, 0.3) is 39.8 Å². The molecule has 0 N–H and O–H groups in total. The van der Waals surface area contributed by atoms with E-state index < -0.39 is 5.41 Å². The molecule has 6 aromatic carbocycles. The molecule has 60 heavy (non-hydrogen) atoms. The maximum Gasteiger partial charge on any atom is 0.135 e.